The molecule has 0 radical (unpaired) electrons. The van der Waals surface area contributed by atoms with Crippen molar-refractivity contribution in [3.8, 4) is 5.75 Å². The monoisotopic (exact) mass is 354 g/mol. The Bertz CT molecular complexity index is 634. The molecule has 9 heteroatoms. The molecule has 0 atom stereocenters. The molecule has 0 saturated heterocycles. The second-order valence-electron chi connectivity index (χ2n) is 5.27. The first kappa shape index (κ1) is 17.4. The Morgan fingerprint density at radius 3 is 2.50 bits per heavy atom. The van der Waals surface area contributed by atoms with Crippen LogP contribution in [0.15, 0.2) is 23.1 Å². The van der Waals surface area contributed by atoms with E-state index in [2.05, 4.69) is 9.46 Å². The van der Waals surface area contributed by atoms with Crippen molar-refractivity contribution in [1.29, 1.82) is 0 Å². The van der Waals surface area contributed by atoms with Crippen LogP contribution in [0.5, 0.6) is 5.75 Å². The lowest BCUT2D eigenvalue weighted by Gasteiger charge is -2.28. The van der Waals surface area contributed by atoms with Gasteiger partial charge in [0.1, 0.15) is 5.75 Å². The third kappa shape index (κ3) is 3.87. The summed E-state index contributed by atoms with van der Waals surface area (Å²) in [7, 11) is -3.84. The number of alkyl halides is 2. The van der Waals surface area contributed by atoms with Gasteiger partial charge in [-0.05, 0) is 31.0 Å². The lowest BCUT2D eigenvalue weighted by atomic mass is 10.0. The molecule has 1 aromatic rings. The zero-order chi connectivity index (χ0) is 16.4. The number of sulfonamides is 1. The van der Waals surface area contributed by atoms with E-state index in [1.54, 1.807) is 0 Å². The second-order valence-corrected chi connectivity index (χ2v) is 7.36. The van der Waals surface area contributed by atoms with Crippen LogP contribution in [0.1, 0.15) is 25.7 Å². The molecule has 1 aromatic carbocycles. The van der Waals surface area contributed by atoms with Gasteiger partial charge in [0.05, 0.1) is 9.92 Å². The standard InChI is InChI=1S/C13H17ClF2N2O3S/c14-10-7-9(3-4-11(10)21-12(15)16)22(19,20)18-13(8-17)5-1-2-6-13/h3-4,7,12,18H,1-2,5-6,8,17H2. The lowest BCUT2D eigenvalue weighted by Crippen LogP contribution is -2.51. The van der Waals surface area contributed by atoms with E-state index in [1.807, 2.05) is 0 Å². The Morgan fingerprint density at radius 2 is 2.00 bits per heavy atom. The smallest absolute Gasteiger partial charge is 0.387 e. The summed E-state index contributed by atoms with van der Waals surface area (Å²) in [6, 6.07) is 3.36. The Morgan fingerprint density at radius 1 is 1.36 bits per heavy atom. The summed E-state index contributed by atoms with van der Waals surface area (Å²) in [5, 5.41) is -0.198. The van der Waals surface area contributed by atoms with Gasteiger partial charge in [-0.3, -0.25) is 0 Å². The molecule has 5 nitrogen and oxygen atoms in total. The first-order valence-corrected chi connectivity index (χ1v) is 8.62. The quantitative estimate of drug-likeness (QED) is 0.822. The van der Waals surface area contributed by atoms with E-state index in [9.17, 15) is 17.2 Å². The number of nitrogens with one attached hydrogen (secondary N) is 1. The molecule has 3 N–H and O–H groups in total. The van der Waals surface area contributed by atoms with E-state index in [0.29, 0.717) is 12.8 Å². The van der Waals surface area contributed by atoms with Crippen LogP contribution < -0.4 is 15.2 Å². The van der Waals surface area contributed by atoms with Crippen LogP contribution in [-0.4, -0.2) is 27.1 Å². The van der Waals surface area contributed by atoms with E-state index in [-0.39, 0.29) is 22.2 Å². The van der Waals surface area contributed by atoms with Crippen molar-refractivity contribution >= 4 is 21.6 Å². The summed E-state index contributed by atoms with van der Waals surface area (Å²) in [5.74, 6) is -0.273. The van der Waals surface area contributed by atoms with Gasteiger partial charge in [0.2, 0.25) is 10.0 Å². The molecule has 0 amide bonds. The van der Waals surface area contributed by atoms with Gasteiger partial charge >= 0.3 is 6.61 Å². The van der Waals surface area contributed by atoms with Crippen LogP contribution in [0.4, 0.5) is 8.78 Å². The Balaban J connectivity index is 2.24. The summed E-state index contributed by atoms with van der Waals surface area (Å²) in [5.41, 5.74) is 5.06. The molecule has 22 heavy (non-hydrogen) atoms. The fourth-order valence-corrected chi connectivity index (χ4v) is 4.37. The highest BCUT2D eigenvalue weighted by Gasteiger charge is 2.36. The van der Waals surface area contributed by atoms with Crippen molar-refractivity contribution in [2.24, 2.45) is 5.73 Å². The molecule has 2 rings (SSSR count). The molecule has 0 heterocycles. The second kappa shape index (κ2) is 6.66. The summed E-state index contributed by atoms with van der Waals surface area (Å²) in [6.07, 6.45) is 3.15. The number of hydrogen-bond donors (Lipinski definition) is 2. The van der Waals surface area contributed by atoms with Crippen LogP contribution >= 0.6 is 11.6 Å². The van der Waals surface area contributed by atoms with Gasteiger partial charge in [-0.2, -0.15) is 8.78 Å². The minimum atomic E-state index is -3.84. The highest BCUT2D eigenvalue weighted by atomic mass is 35.5. The average Bonchev–Trinajstić information content (AvgIpc) is 2.89. The van der Waals surface area contributed by atoms with E-state index < -0.39 is 22.2 Å². The molecule has 0 spiro atoms. The van der Waals surface area contributed by atoms with Crippen LogP contribution in [0.2, 0.25) is 5.02 Å². The van der Waals surface area contributed by atoms with Gasteiger partial charge in [0.15, 0.2) is 0 Å². The highest BCUT2D eigenvalue weighted by molar-refractivity contribution is 7.89. The number of halogens is 3. The normalized spacial score (nSPS) is 17.9. The van der Waals surface area contributed by atoms with Crippen LogP contribution in [0, 0.1) is 0 Å². The molecule has 1 fully saturated rings. The van der Waals surface area contributed by atoms with Crippen LogP contribution in [0.25, 0.3) is 0 Å². The van der Waals surface area contributed by atoms with Crippen molar-refractivity contribution < 1.29 is 21.9 Å². The predicted octanol–water partition coefficient (Wildman–Crippen LogP) is 2.49. The number of hydrogen-bond acceptors (Lipinski definition) is 4. The molecule has 0 aromatic heterocycles. The molecule has 0 bridgehead atoms. The molecule has 1 aliphatic carbocycles. The van der Waals surface area contributed by atoms with Gasteiger partial charge in [-0.25, -0.2) is 13.1 Å². The highest BCUT2D eigenvalue weighted by Crippen LogP contribution is 2.32. The topological polar surface area (TPSA) is 81.4 Å². The largest absolute Gasteiger partial charge is 0.433 e. The molecule has 124 valence electrons. The Labute approximate surface area is 132 Å². The predicted molar refractivity (Wildman–Crippen MR) is 78.7 cm³/mol. The minimum absolute atomic E-state index is 0.112. The van der Waals surface area contributed by atoms with Crippen molar-refractivity contribution in [3.05, 3.63) is 23.2 Å². The third-order valence-electron chi connectivity index (χ3n) is 3.73. The average molecular weight is 355 g/mol. The third-order valence-corrected chi connectivity index (χ3v) is 5.60. The minimum Gasteiger partial charge on any atom is -0.433 e. The molecule has 0 aliphatic heterocycles. The summed E-state index contributed by atoms with van der Waals surface area (Å²) < 4.78 is 56.0. The zero-order valence-electron chi connectivity index (χ0n) is 11.7. The van der Waals surface area contributed by atoms with E-state index >= 15 is 0 Å². The zero-order valence-corrected chi connectivity index (χ0v) is 13.3. The number of rotatable bonds is 6. The molecule has 1 aliphatic rings. The van der Waals surface area contributed by atoms with Crippen LogP contribution in [0.3, 0.4) is 0 Å². The van der Waals surface area contributed by atoms with Crippen LogP contribution in [-0.2, 0) is 10.0 Å². The summed E-state index contributed by atoms with van der Waals surface area (Å²) >= 11 is 5.79. The SMILES string of the molecule is NCC1(NS(=O)(=O)c2ccc(OC(F)F)c(Cl)c2)CCCC1. The maximum absolute atomic E-state index is 12.4. The van der Waals surface area contributed by atoms with E-state index in [0.717, 1.165) is 25.0 Å². The van der Waals surface area contributed by atoms with Gasteiger partial charge in [-0.1, -0.05) is 24.4 Å². The maximum atomic E-state index is 12.4. The Hall–Kier alpha value is -0.960. The molecular weight excluding hydrogens is 338 g/mol. The lowest BCUT2D eigenvalue weighted by molar-refractivity contribution is -0.0498. The Kier molecular flexibility index (Phi) is 5.26. The van der Waals surface area contributed by atoms with Gasteiger partial charge < -0.3 is 10.5 Å². The van der Waals surface area contributed by atoms with Gasteiger partial charge in [-0.15, -0.1) is 0 Å². The van der Waals surface area contributed by atoms with Gasteiger partial charge in [0, 0.05) is 12.1 Å². The summed E-state index contributed by atoms with van der Waals surface area (Å²) in [4.78, 5) is -0.112. The fraction of sp³-hybridized carbons (Fsp3) is 0.538. The fourth-order valence-electron chi connectivity index (χ4n) is 2.58. The number of ether oxygens (including phenoxy) is 1. The van der Waals surface area contributed by atoms with Crippen molar-refractivity contribution in [3.63, 3.8) is 0 Å². The first-order valence-electron chi connectivity index (χ1n) is 6.76. The van der Waals surface area contributed by atoms with Crippen molar-refractivity contribution in [1.82, 2.24) is 4.72 Å². The molecular formula is C13H17ClF2N2O3S. The van der Waals surface area contributed by atoms with E-state index in [4.69, 9.17) is 17.3 Å². The van der Waals surface area contributed by atoms with Crippen molar-refractivity contribution in [2.45, 2.75) is 42.7 Å². The van der Waals surface area contributed by atoms with Gasteiger partial charge in [0.25, 0.3) is 0 Å². The summed E-state index contributed by atoms with van der Waals surface area (Å²) in [6.45, 7) is -2.83. The molecule has 0 unspecified atom stereocenters. The molecule has 1 saturated carbocycles. The first-order chi connectivity index (χ1) is 10.3. The number of nitrogens with two attached hydrogens (primary N) is 1. The maximum Gasteiger partial charge on any atom is 0.387 e. The van der Waals surface area contributed by atoms with E-state index in [1.165, 1.54) is 6.07 Å². The number of benzene rings is 1. The van der Waals surface area contributed by atoms with Crippen molar-refractivity contribution in [2.75, 3.05) is 6.54 Å².